The lowest BCUT2D eigenvalue weighted by Gasteiger charge is -2.19. The van der Waals surface area contributed by atoms with E-state index in [0.717, 1.165) is 18.5 Å². The van der Waals surface area contributed by atoms with Crippen molar-refractivity contribution in [3.63, 3.8) is 0 Å². The van der Waals surface area contributed by atoms with Gasteiger partial charge in [0.15, 0.2) is 0 Å². The van der Waals surface area contributed by atoms with Gasteiger partial charge in [-0.3, -0.25) is 4.98 Å². The molecular formula is C15H16Cl2N2. The molecule has 1 N–H and O–H groups in total. The highest BCUT2D eigenvalue weighted by Crippen LogP contribution is 2.27. The molecule has 0 bridgehead atoms. The summed E-state index contributed by atoms with van der Waals surface area (Å²) in [5, 5.41) is 4.65. The smallest absolute Gasteiger partial charge is 0.0595 e. The van der Waals surface area contributed by atoms with E-state index in [2.05, 4.69) is 17.2 Å². The molecule has 1 aromatic heterocycles. The van der Waals surface area contributed by atoms with Crippen LogP contribution < -0.4 is 5.32 Å². The molecule has 0 aliphatic heterocycles. The first-order valence-electron chi connectivity index (χ1n) is 6.28. The Labute approximate surface area is 123 Å². The van der Waals surface area contributed by atoms with Crippen LogP contribution in [0.2, 0.25) is 10.0 Å². The summed E-state index contributed by atoms with van der Waals surface area (Å²) in [5.74, 6) is 0. The van der Waals surface area contributed by atoms with Gasteiger partial charge in [-0.1, -0.05) is 36.2 Å². The minimum Gasteiger partial charge on any atom is -0.310 e. The molecule has 0 spiro atoms. The number of pyridine rings is 1. The third-order valence-electron chi connectivity index (χ3n) is 2.99. The molecule has 0 amide bonds. The second kappa shape index (κ2) is 6.90. The number of rotatable bonds is 5. The summed E-state index contributed by atoms with van der Waals surface area (Å²) in [7, 11) is 0. The molecule has 0 fully saturated rings. The Morgan fingerprint density at radius 1 is 1.11 bits per heavy atom. The number of hydrogen-bond acceptors (Lipinski definition) is 2. The predicted octanol–water partition coefficient (Wildman–Crippen LogP) is 4.28. The van der Waals surface area contributed by atoms with Crippen molar-refractivity contribution in [3.8, 4) is 0 Å². The minimum absolute atomic E-state index is 0.224. The van der Waals surface area contributed by atoms with Crippen LogP contribution in [0, 0.1) is 0 Å². The third-order valence-corrected chi connectivity index (χ3v) is 3.72. The van der Waals surface area contributed by atoms with Gasteiger partial charge in [-0.2, -0.15) is 0 Å². The van der Waals surface area contributed by atoms with E-state index in [4.69, 9.17) is 23.2 Å². The van der Waals surface area contributed by atoms with Gasteiger partial charge in [-0.15, -0.1) is 0 Å². The first kappa shape index (κ1) is 14.3. The molecule has 100 valence electrons. The Kier molecular flexibility index (Phi) is 5.20. The van der Waals surface area contributed by atoms with Crippen LogP contribution in [0.25, 0.3) is 0 Å². The summed E-state index contributed by atoms with van der Waals surface area (Å²) in [5.41, 5.74) is 2.39. The fourth-order valence-electron chi connectivity index (χ4n) is 2.04. The van der Waals surface area contributed by atoms with E-state index in [-0.39, 0.29) is 6.04 Å². The molecule has 0 aliphatic carbocycles. The lowest BCUT2D eigenvalue weighted by Crippen LogP contribution is -2.23. The van der Waals surface area contributed by atoms with Crippen molar-refractivity contribution >= 4 is 23.2 Å². The number of nitrogens with zero attached hydrogens (tertiary/aromatic N) is 1. The second-order valence-electron chi connectivity index (χ2n) is 4.34. The van der Waals surface area contributed by atoms with E-state index in [9.17, 15) is 0 Å². The maximum absolute atomic E-state index is 6.09. The Morgan fingerprint density at radius 3 is 2.47 bits per heavy atom. The van der Waals surface area contributed by atoms with Crippen molar-refractivity contribution in [1.82, 2.24) is 10.3 Å². The number of halogens is 2. The van der Waals surface area contributed by atoms with Crippen LogP contribution in [0.5, 0.6) is 0 Å². The zero-order valence-electron chi connectivity index (χ0n) is 10.7. The van der Waals surface area contributed by atoms with Crippen LogP contribution in [0.3, 0.4) is 0 Å². The van der Waals surface area contributed by atoms with Crippen molar-refractivity contribution in [2.75, 3.05) is 6.54 Å². The van der Waals surface area contributed by atoms with Gasteiger partial charge in [0.2, 0.25) is 0 Å². The first-order chi connectivity index (χ1) is 9.20. The normalized spacial score (nSPS) is 12.4. The molecule has 0 saturated carbocycles. The van der Waals surface area contributed by atoms with Crippen LogP contribution in [-0.2, 0) is 6.42 Å². The van der Waals surface area contributed by atoms with E-state index >= 15 is 0 Å². The average Bonchev–Trinajstić information content (AvgIpc) is 2.43. The summed E-state index contributed by atoms with van der Waals surface area (Å²) in [6, 6.07) is 10.1. The zero-order valence-corrected chi connectivity index (χ0v) is 12.2. The molecule has 4 heteroatoms. The largest absolute Gasteiger partial charge is 0.310 e. The topological polar surface area (TPSA) is 24.9 Å². The van der Waals surface area contributed by atoms with Gasteiger partial charge in [0.25, 0.3) is 0 Å². The van der Waals surface area contributed by atoms with Crippen LogP contribution >= 0.6 is 23.2 Å². The molecule has 2 aromatic rings. The highest BCUT2D eigenvalue weighted by atomic mass is 35.5. The van der Waals surface area contributed by atoms with Gasteiger partial charge < -0.3 is 5.32 Å². The molecule has 1 heterocycles. The molecule has 0 radical (unpaired) electrons. The summed E-state index contributed by atoms with van der Waals surface area (Å²) in [6.45, 7) is 2.99. The molecule has 1 atom stereocenters. The van der Waals surface area contributed by atoms with Gasteiger partial charge in [0, 0.05) is 18.4 Å². The minimum atomic E-state index is 0.224. The maximum Gasteiger partial charge on any atom is 0.0595 e. The average molecular weight is 295 g/mol. The molecule has 0 aliphatic rings. The molecule has 0 saturated heterocycles. The summed E-state index contributed by atoms with van der Waals surface area (Å²) in [4.78, 5) is 4.04. The van der Waals surface area contributed by atoms with Crippen LogP contribution in [0.4, 0.5) is 0 Å². The number of aromatic nitrogens is 1. The highest BCUT2D eigenvalue weighted by Gasteiger charge is 2.12. The molecule has 2 rings (SSSR count). The van der Waals surface area contributed by atoms with Crippen molar-refractivity contribution in [2.45, 2.75) is 19.4 Å². The van der Waals surface area contributed by atoms with Gasteiger partial charge >= 0.3 is 0 Å². The Balaban J connectivity index is 2.21. The number of hydrogen-bond donors (Lipinski definition) is 1. The van der Waals surface area contributed by atoms with Crippen molar-refractivity contribution in [1.29, 1.82) is 0 Å². The van der Waals surface area contributed by atoms with Crippen LogP contribution in [0.15, 0.2) is 42.7 Å². The monoisotopic (exact) mass is 294 g/mol. The van der Waals surface area contributed by atoms with E-state index in [0.29, 0.717) is 10.0 Å². The second-order valence-corrected chi connectivity index (χ2v) is 5.16. The fourth-order valence-corrected chi connectivity index (χ4v) is 2.34. The van der Waals surface area contributed by atoms with Gasteiger partial charge in [-0.25, -0.2) is 0 Å². The number of nitrogens with one attached hydrogen (secondary N) is 1. The SMILES string of the molecule is CCNC(Cc1ccncc1)c1ccc(Cl)c(Cl)c1. The number of likely N-dealkylation sites (N-methyl/N-ethyl adjacent to an activating group) is 1. The van der Waals surface area contributed by atoms with Crippen molar-refractivity contribution in [2.24, 2.45) is 0 Å². The fraction of sp³-hybridized carbons (Fsp3) is 0.267. The van der Waals surface area contributed by atoms with Gasteiger partial charge in [-0.05, 0) is 48.4 Å². The number of benzene rings is 1. The Morgan fingerprint density at radius 2 is 1.84 bits per heavy atom. The van der Waals surface area contributed by atoms with E-state index in [1.807, 2.05) is 42.7 Å². The summed E-state index contributed by atoms with van der Waals surface area (Å²) < 4.78 is 0. The summed E-state index contributed by atoms with van der Waals surface area (Å²) in [6.07, 6.45) is 4.52. The molecule has 2 nitrogen and oxygen atoms in total. The summed E-state index contributed by atoms with van der Waals surface area (Å²) >= 11 is 12.1. The third kappa shape index (κ3) is 3.93. The lowest BCUT2D eigenvalue weighted by atomic mass is 9.99. The van der Waals surface area contributed by atoms with Crippen molar-refractivity contribution < 1.29 is 0 Å². The first-order valence-corrected chi connectivity index (χ1v) is 7.03. The van der Waals surface area contributed by atoms with E-state index in [1.54, 1.807) is 0 Å². The lowest BCUT2D eigenvalue weighted by molar-refractivity contribution is 0.549. The molecule has 1 aromatic carbocycles. The van der Waals surface area contributed by atoms with E-state index in [1.165, 1.54) is 5.56 Å². The maximum atomic E-state index is 6.09. The van der Waals surface area contributed by atoms with Crippen LogP contribution in [-0.4, -0.2) is 11.5 Å². The highest BCUT2D eigenvalue weighted by molar-refractivity contribution is 6.42. The van der Waals surface area contributed by atoms with Gasteiger partial charge in [0.1, 0.15) is 0 Å². The van der Waals surface area contributed by atoms with Gasteiger partial charge in [0.05, 0.1) is 10.0 Å². The predicted molar refractivity (Wildman–Crippen MR) is 80.8 cm³/mol. The quantitative estimate of drug-likeness (QED) is 0.890. The molecule has 19 heavy (non-hydrogen) atoms. The Bertz CT molecular complexity index is 529. The molecular weight excluding hydrogens is 279 g/mol. The zero-order chi connectivity index (χ0) is 13.7. The molecule has 1 unspecified atom stereocenters. The Hall–Kier alpha value is -1.09. The standard InChI is InChI=1S/C15H16Cl2N2/c1-2-19-15(9-11-5-7-18-8-6-11)12-3-4-13(16)14(17)10-12/h3-8,10,15,19H,2,9H2,1H3. The van der Waals surface area contributed by atoms with Crippen molar-refractivity contribution in [3.05, 3.63) is 63.9 Å². The van der Waals surface area contributed by atoms with Crippen LogP contribution in [0.1, 0.15) is 24.1 Å². The van der Waals surface area contributed by atoms with E-state index < -0.39 is 0 Å².